The van der Waals surface area contributed by atoms with Crippen LogP contribution in [-0.2, 0) is 54.4 Å². The maximum atomic E-state index is 12.8. The quantitative estimate of drug-likeness (QED) is 0.0119. The molecule has 32 nitrogen and oxygen atoms in total. The number of carboxylic acid groups (broad SMARTS) is 2. The monoisotopic (exact) mass is 1140 g/mol. The Morgan fingerprint density at radius 1 is 0.709 bits per heavy atom. The summed E-state index contributed by atoms with van der Waals surface area (Å²) in [7, 11) is 2.16. The molecule has 3 aromatic rings. The molecule has 0 fully saturated rings. The van der Waals surface area contributed by atoms with E-state index in [2.05, 4.69) is 68.8 Å². The largest absolute Gasteiger partial charge is 0.508 e. The van der Waals surface area contributed by atoms with E-state index >= 15 is 0 Å². The van der Waals surface area contributed by atoms with Crippen LogP contribution >= 0.6 is 21.6 Å². The maximum absolute atomic E-state index is 12.8. The van der Waals surface area contributed by atoms with E-state index in [9.17, 15) is 72.9 Å². The average Bonchev–Trinajstić information content (AvgIpc) is 3.42. The minimum absolute atomic E-state index is 0.00403. The Morgan fingerprint density at radius 3 is 1.85 bits per heavy atom. The number of carboxylic acids is 2. The van der Waals surface area contributed by atoms with Crippen molar-refractivity contribution < 1.29 is 77.6 Å². The zero-order valence-electron chi connectivity index (χ0n) is 42.1. The first-order chi connectivity index (χ1) is 37.6. The van der Waals surface area contributed by atoms with E-state index in [4.69, 9.17) is 22.0 Å². The molecule has 0 radical (unpaired) electrons. The van der Waals surface area contributed by atoms with Crippen molar-refractivity contribution in [2.75, 3.05) is 68.1 Å². The van der Waals surface area contributed by atoms with Crippen molar-refractivity contribution in [3.63, 3.8) is 0 Å². The van der Waals surface area contributed by atoms with E-state index < -0.39 is 128 Å². The van der Waals surface area contributed by atoms with E-state index in [0.29, 0.717) is 16.9 Å². The summed E-state index contributed by atoms with van der Waals surface area (Å²) < 4.78 is 5.00. The number of anilines is 2. The first-order valence-corrected chi connectivity index (χ1v) is 25.9. The summed E-state index contributed by atoms with van der Waals surface area (Å²) in [6.45, 7) is -1.26. The standard InChI is InChI=1S/C45H60N16O16S2/c1-23-2-7-27(62)14-29(23)28(10-11-46)42(71)60-61-45(76)77-12-13-78-79-22-31(44(74)75)57-37(68)21-54-36(67)20-53-35(66)19-52-34(65)18-51-33(64)17-50-32(63)9-8-30(43(72)73)58-41(70)24-3-5-25(6-4-24)49-15-26-16-55-40(59-48)38(56-26)39(47)69/h2-7,14,16,28,30-31,49,62H,8-13,15,17-22,46,48H2,1H3,(H2,47,69)(H,50,63)(H,51,64)(H,52,65)(H,53,66)(H,54,67)(H,55,59)(H,57,68)(H,58,70)(H,60,71)(H,61,76)(H,72,73)(H,74,75)/t28-,30-,31-/m1/s1. The van der Waals surface area contributed by atoms with Gasteiger partial charge in [0.2, 0.25) is 41.4 Å². The molecule has 0 aliphatic heterocycles. The van der Waals surface area contributed by atoms with Crippen molar-refractivity contribution in [2.24, 2.45) is 17.3 Å². The third kappa shape index (κ3) is 24.2. The van der Waals surface area contributed by atoms with Gasteiger partial charge >= 0.3 is 18.0 Å². The molecule has 0 unspecified atom stereocenters. The molecular weight excluding hydrogens is 1080 g/mol. The van der Waals surface area contributed by atoms with Crippen molar-refractivity contribution in [2.45, 2.75) is 50.7 Å². The molecule has 2 aromatic carbocycles. The number of amides is 10. The van der Waals surface area contributed by atoms with Gasteiger partial charge < -0.3 is 79.5 Å². The third-order valence-corrected chi connectivity index (χ3v) is 12.7. The number of rotatable bonds is 33. The summed E-state index contributed by atoms with van der Waals surface area (Å²) in [5.74, 6) is -5.37. The summed E-state index contributed by atoms with van der Waals surface area (Å²) in [6.07, 6.45) is -0.143. The predicted molar refractivity (Wildman–Crippen MR) is 282 cm³/mol. The molecule has 0 aliphatic rings. The Hall–Kier alpha value is -9.02. The highest BCUT2D eigenvalue weighted by atomic mass is 33.1. The van der Waals surface area contributed by atoms with E-state index in [1.54, 1.807) is 13.0 Å². The number of hydrogen-bond acceptors (Lipinski definition) is 22. The number of hydrazine groups is 2. The van der Waals surface area contributed by atoms with E-state index in [-0.39, 0.29) is 66.9 Å². The van der Waals surface area contributed by atoms with Crippen molar-refractivity contribution in [3.8, 4) is 5.75 Å². The van der Waals surface area contributed by atoms with Gasteiger partial charge in [-0.15, -0.1) is 0 Å². The lowest BCUT2D eigenvalue weighted by molar-refractivity contribution is -0.141. The van der Waals surface area contributed by atoms with Crippen LogP contribution < -0.4 is 76.1 Å². The third-order valence-electron chi connectivity index (χ3n) is 10.4. The highest BCUT2D eigenvalue weighted by Crippen LogP contribution is 2.27. The SMILES string of the molecule is Cc1ccc(O)cc1[C@@H](CCN)C(=O)NNC(=O)OCCSSC[C@@H](NC(=O)CNC(=O)CNC(=O)CNC(=O)CNC(=O)CNC(=O)CC[C@@H](NC(=O)c1ccc(NCc2cnc(NN)c(C(N)=O)n2)cc1)C(=O)O)C(=O)O. The number of benzene rings is 2. The normalized spacial score (nSPS) is 11.6. The summed E-state index contributed by atoms with van der Waals surface area (Å²) >= 11 is 0. The van der Waals surface area contributed by atoms with Gasteiger partial charge in [0.05, 0.1) is 57.1 Å². The van der Waals surface area contributed by atoms with Gasteiger partial charge in [-0.25, -0.2) is 35.6 Å². The molecule has 3 atom stereocenters. The van der Waals surface area contributed by atoms with Crippen LogP contribution in [0.5, 0.6) is 5.75 Å². The van der Waals surface area contributed by atoms with E-state index in [1.807, 2.05) is 0 Å². The minimum atomic E-state index is -1.49. The van der Waals surface area contributed by atoms with Gasteiger partial charge in [-0.1, -0.05) is 27.7 Å². The lowest BCUT2D eigenvalue weighted by Crippen LogP contribution is -2.48. The van der Waals surface area contributed by atoms with E-state index in [1.165, 1.54) is 42.6 Å². The van der Waals surface area contributed by atoms with Gasteiger partial charge in [0, 0.05) is 29.2 Å². The molecule has 0 aliphatic carbocycles. The lowest BCUT2D eigenvalue weighted by Gasteiger charge is -2.19. The molecule has 10 amide bonds. The maximum Gasteiger partial charge on any atom is 0.426 e. The summed E-state index contributed by atoms with van der Waals surface area (Å²) in [6, 6.07) is 7.56. The van der Waals surface area contributed by atoms with Crippen LogP contribution in [0.15, 0.2) is 48.7 Å². The van der Waals surface area contributed by atoms with Crippen LogP contribution in [0.25, 0.3) is 0 Å². The number of aromatic nitrogens is 2. The first kappa shape index (κ1) is 64.3. The Labute approximate surface area is 457 Å². The summed E-state index contributed by atoms with van der Waals surface area (Å²) in [5.41, 5.74) is 19.6. The van der Waals surface area contributed by atoms with Gasteiger partial charge in [-0.2, -0.15) is 0 Å². The van der Waals surface area contributed by atoms with E-state index in [0.717, 1.165) is 27.2 Å². The molecule has 0 saturated carbocycles. The number of nitrogens with zero attached hydrogens (tertiary/aromatic N) is 2. The van der Waals surface area contributed by atoms with Crippen LogP contribution in [0.4, 0.5) is 16.3 Å². The number of nitrogen functional groups attached to an aromatic ring is 1. The van der Waals surface area contributed by atoms with Crippen molar-refractivity contribution in [3.05, 3.63) is 76.7 Å². The van der Waals surface area contributed by atoms with Gasteiger partial charge in [-0.05, 0) is 73.8 Å². The number of phenolic OH excluding ortho intramolecular Hbond substituents is 1. The number of nitrogens with one attached hydrogen (secondary N) is 11. The zero-order chi connectivity index (χ0) is 58.4. The molecule has 0 bridgehead atoms. The van der Waals surface area contributed by atoms with Gasteiger partial charge in [0.1, 0.15) is 24.4 Å². The Morgan fingerprint density at radius 2 is 1.29 bits per heavy atom. The van der Waals surface area contributed by atoms with Crippen LogP contribution in [0, 0.1) is 6.92 Å². The number of carbonyl (C=O) groups excluding carboxylic acids is 10. The predicted octanol–water partition coefficient (Wildman–Crippen LogP) is -4.13. The number of aromatic hydroxyl groups is 1. The molecule has 20 N–H and O–H groups in total. The number of nitrogens with two attached hydrogens (primary N) is 3. The van der Waals surface area contributed by atoms with Crippen molar-refractivity contribution in [1.29, 1.82) is 0 Å². The van der Waals surface area contributed by atoms with Gasteiger partial charge in [0.15, 0.2) is 11.5 Å². The summed E-state index contributed by atoms with van der Waals surface area (Å²) in [4.78, 5) is 154. The number of phenols is 1. The van der Waals surface area contributed by atoms with Gasteiger partial charge in [-0.3, -0.25) is 48.6 Å². The highest BCUT2D eigenvalue weighted by Gasteiger charge is 2.25. The fourth-order valence-electron chi connectivity index (χ4n) is 6.32. The fourth-order valence-corrected chi connectivity index (χ4v) is 8.31. The molecule has 0 spiro atoms. The van der Waals surface area contributed by atoms with Gasteiger partial charge in [0.25, 0.3) is 11.8 Å². The molecule has 79 heavy (non-hydrogen) atoms. The molecule has 3 rings (SSSR count). The average molecular weight is 1150 g/mol. The van der Waals surface area contributed by atoms with Crippen molar-refractivity contribution >= 4 is 104 Å². The molecule has 1 heterocycles. The highest BCUT2D eigenvalue weighted by molar-refractivity contribution is 8.76. The number of ether oxygens (including phenoxy) is 1. The van der Waals surface area contributed by atoms with Crippen LogP contribution in [0.2, 0.25) is 0 Å². The molecule has 34 heteroatoms. The number of aryl methyl sites for hydroxylation is 1. The zero-order valence-corrected chi connectivity index (χ0v) is 43.8. The number of primary amides is 1. The molecular formula is C45H60N16O16S2. The second-order valence-electron chi connectivity index (χ2n) is 16.3. The lowest BCUT2D eigenvalue weighted by atomic mass is 9.91. The minimum Gasteiger partial charge on any atom is -0.508 e. The number of hydrogen-bond donors (Lipinski definition) is 17. The van der Waals surface area contributed by atoms with Crippen LogP contribution in [0.1, 0.15) is 62.8 Å². The summed E-state index contributed by atoms with van der Waals surface area (Å²) in [5, 5.41) is 47.6. The molecule has 0 saturated heterocycles. The Kier molecular flexibility index (Phi) is 27.6. The Balaban J connectivity index is 1.23. The molecule has 428 valence electrons. The second-order valence-corrected chi connectivity index (χ2v) is 18.9. The second kappa shape index (κ2) is 33.9. The Bertz CT molecular complexity index is 2690. The fraction of sp³-hybridized carbons (Fsp3) is 0.378. The topological polar surface area (TPSA) is 511 Å². The smallest absolute Gasteiger partial charge is 0.426 e. The van der Waals surface area contributed by atoms with Crippen molar-refractivity contribution in [1.82, 2.24) is 58.0 Å². The van der Waals surface area contributed by atoms with Crippen LogP contribution in [-0.4, -0.2) is 166 Å². The van der Waals surface area contributed by atoms with Crippen LogP contribution in [0.3, 0.4) is 0 Å². The molecule has 1 aromatic heterocycles. The first-order valence-electron chi connectivity index (χ1n) is 23.4. The number of carbonyl (C=O) groups is 12. The number of aliphatic carboxylic acids is 2.